The first-order valence-corrected chi connectivity index (χ1v) is 10.1. The van der Waals surface area contributed by atoms with Crippen molar-refractivity contribution in [2.24, 2.45) is 0 Å². The lowest BCUT2D eigenvalue weighted by atomic mass is 9.98. The Morgan fingerprint density at radius 2 is 1.56 bits per heavy atom. The quantitative estimate of drug-likeness (QED) is 0.410. The highest BCUT2D eigenvalue weighted by Crippen LogP contribution is 2.37. The normalized spacial score (nSPS) is 11.7. The minimum Gasteiger partial charge on any atom is -0.515 e. The Kier molecular flexibility index (Phi) is 6.30. The molecule has 0 aliphatic carbocycles. The van der Waals surface area contributed by atoms with Gasteiger partial charge in [0.1, 0.15) is 22.5 Å². The molecule has 3 N–H and O–H groups in total. The van der Waals surface area contributed by atoms with Gasteiger partial charge >= 0.3 is 0 Å². The third kappa shape index (κ3) is 3.82. The minimum absolute atomic E-state index is 0.0110. The molecule has 0 spiro atoms. The standard InChI is InChI=1S/C25H26O7/c1-12(2)6-8-14-19-18(10-17(27)24(14)31-5)32-25-16(11-26)21(28)15(9-7-13(3)4)22(29)20(25)23(19)30/h6-7,10-11,26,28,30H,8-9H2,1-5H3/b16-11-. The SMILES string of the molecule is COc1c(CC=C(C)C)c2c(O)c3c(=O)c(CC=C(C)C)c(O)/c(=C/O)c3oc2cc1=O. The highest BCUT2D eigenvalue weighted by atomic mass is 16.5. The van der Waals surface area contributed by atoms with E-state index in [1.54, 1.807) is 6.08 Å². The van der Waals surface area contributed by atoms with Crippen LogP contribution in [0.3, 0.4) is 0 Å². The van der Waals surface area contributed by atoms with Gasteiger partial charge in [0.15, 0.2) is 11.3 Å². The van der Waals surface area contributed by atoms with Crippen LogP contribution in [0.25, 0.3) is 28.2 Å². The largest absolute Gasteiger partial charge is 0.515 e. The number of allylic oxidation sites excluding steroid dienone is 4. The van der Waals surface area contributed by atoms with E-state index in [9.17, 15) is 24.9 Å². The molecule has 0 aliphatic rings. The molecule has 3 rings (SSSR count). The van der Waals surface area contributed by atoms with E-state index in [4.69, 9.17) is 9.15 Å². The fourth-order valence-corrected chi connectivity index (χ4v) is 3.67. The molecule has 1 heterocycles. The van der Waals surface area contributed by atoms with E-state index in [0.717, 1.165) is 17.2 Å². The highest BCUT2D eigenvalue weighted by molar-refractivity contribution is 6.01. The van der Waals surface area contributed by atoms with Gasteiger partial charge in [-0.3, -0.25) is 9.59 Å². The molecular weight excluding hydrogens is 412 g/mol. The molecule has 0 fully saturated rings. The van der Waals surface area contributed by atoms with E-state index >= 15 is 0 Å². The first kappa shape index (κ1) is 22.9. The summed E-state index contributed by atoms with van der Waals surface area (Å²) in [5, 5.41) is 31.5. The van der Waals surface area contributed by atoms with Gasteiger partial charge in [-0.25, -0.2) is 0 Å². The van der Waals surface area contributed by atoms with Crippen LogP contribution in [0.2, 0.25) is 0 Å². The Hall–Kier alpha value is -3.74. The number of aliphatic hydroxyl groups excluding tert-OH is 1. The Morgan fingerprint density at radius 3 is 2.09 bits per heavy atom. The van der Waals surface area contributed by atoms with Crippen molar-refractivity contribution in [3.8, 4) is 17.2 Å². The molecule has 32 heavy (non-hydrogen) atoms. The molecule has 2 aromatic carbocycles. The number of phenolic OH excluding ortho intramolecular Hbond substituents is 1. The molecule has 168 valence electrons. The van der Waals surface area contributed by atoms with Crippen LogP contribution in [-0.2, 0) is 12.8 Å². The zero-order valence-corrected chi connectivity index (χ0v) is 18.7. The fourth-order valence-electron chi connectivity index (χ4n) is 3.67. The molecule has 7 nitrogen and oxygen atoms in total. The van der Waals surface area contributed by atoms with Gasteiger partial charge in [0.2, 0.25) is 10.9 Å². The first-order valence-electron chi connectivity index (χ1n) is 10.1. The van der Waals surface area contributed by atoms with Gasteiger partial charge in [0, 0.05) is 17.2 Å². The summed E-state index contributed by atoms with van der Waals surface area (Å²) in [4.78, 5) is 25.9. The Balaban J connectivity index is 2.59. The number of benzene rings is 2. The van der Waals surface area contributed by atoms with Crippen molar-refractivity contribution in [3.63, 3.8) is 0 Å². The van der Waals surface area contributed by atoms with Gasteiger partial charge in [0.25, 0.3) is 0 Å². The van der Waals surface area contributed by atoms with Gasteiger partial charge in [0.05, 0.1) is 24.0 Å². The highest BCUT2D eigenvalue weighted by Gasteiger charge is 2.24. The summed E-state index contributed by atoms with van der Waals surface area (Å²) in [6, 6.07) is 1.15. The van der Waals surface area contributed by atoms with E-state index in [1.165, 1.54) is 7.11 Å². The molecule has 0 amide bonds. The van der Waals surface area contributed by atoms with E-state index in [1.807, 2.05) is 33.8 Å². The minimum atomic E-state index is -0.623. The third-order valence-electron chi connectivity index (χ3n) is 5.27. The second-order valence-corrected chi connectivity index (χ2v) is 8.08. The zero-order valence-electron chi connectivity index (χ0n) is 18.7. The van der Waals surface area contributed by atoms with Gasteiger partial charge in [-0.2, -0.15) is 0 Å². The topological polar surface area (TPSA) is 117 Å². The zero-order chi connectivity index (χ0) is 23.7. The molecule has 0 unspecified atom stereocenters. The number of phenols is 1. The maximum Gasteiger partial charge on any atom is 0.224 e. The molecule has 7 heteroatoms. The number of hydrogen-bond donors (Lipinski definition) is 3. The number of ether oxygens (including phenoxy) is 1. The van der Waals surface area contributed by atoms with Gasteiger partial charge in [-0.1, -0.05) is 23.3 Å². The Morgan fingerprint density at radius 1 is 0.969 bits per heavy atom. The average molecular weight is 438 g/mol. The molecule has 0 saturated carbocycles. The van der Waals surface area contributed by atoms with Crippen molar-refractivity contribution in [1.82, 2.24) is 0 Å². The third-order valence-corrected chi connectivity index (χ3v) is 5.27. The monoisotopic (exact) mass is 438 g/mol. The molecule has 0 bridgehead atoms. The van der Waals surface area contributed by atoms with Crippen molar-refractivity contribution in [3.05, 3.63) is 66.2 Å². The number of aliphatic hydroxyl groups is 1. The van der Waals surface area contributed by atoms with Crippen LogP contribution in [0, 0.1) is 0 Å². The summed E-state index contributed by atoms with van der Waals surface area (Å²) < 4.78 is 11.1. The van der Waals surface area contributed by atoms with Crippen LogP contribution >= 0.6 is 0 Å². The second-order valence-electron chi connectivity index (χ2n) is 8.08. The van der Waals surface area contributed by atoms with Gasteiger partial charge in [-0.05, 0) is 40.5 Å². The number of methoxy groups -OCH3 is 1. The molecule has 0 radical (unpaired) electrons. The first-order chi connectivity index (χ1) is 15.1. The van der Waals surface area contributed by atoms with Crippen LogP contribution in [-0.4, -0.2) is 22.4 Å². The predicted octanol–water partition coefficient (Wildman–Crippen LogP) is 3.76. The number of hydrogen-bond acceptors (Lipinski definition) is 7. The summed E-state index contributed by atoms with van der Waals surface area (Å²) in [7, 11) is 1.36. The van der Waals surface area contributed by atoms with Crippen molar-refractivity contribution >= 4 is 28.2 Å². The van der Waals surface area contributed by atoms with Crippen molar-refractivity contribution in [2.75, 3.05) is 7.11 Å². The molecule has 0 saturated heterocycles. The second kappa shape index (κ2) is 8.78. The number of fused-ring (bicyclic) bond motifs is 2. The summed E-state index contributed by atoms with van der Waals surface area (Å²) >= 11 is 0. The van der Waals surface area contributed by atoms with Crippen LogP contribution in [0.4, 0.5) is 0 Å². The molecule has 0 aliphatic heterocycles. The van der Waals surface area contributed by atoms with E-state index < -0.39 is 22.4 Å². The lowest BCUT2D eigenvalue weighted by Gasteiger charge is -2.14. The molecular formula is C25H26O7. The van der Waals surface area contributed by atoms with Crippen LogP contribution in [0.5, 0.6) is 17.2 Å². The molecule has 0 atom stereocenters. The van der Waals surface area contributed by atoms with Gasteiger partial charge in [-0.15, -0.1) is 0 Å². The Bertz CT molecular complexity index is 1450. The number of rotatable bonds is 5. The van der Waals surface area contributed by atoms with Crippen LogP contribution < -0.4 is 20.8 Å². The van der Waals surface area contributed by atoms with Gasteiger partial charge < -0.3 is 24.5 Å². The van der Waals surface area contributed by atoms with Crippen molar-refractivity contribution in [2.45, 2.75) is 40.5 Å². The predicted molar refractivity (Wildman–Crippen MR) is 125 cm³/mol. The summed E-state index contributed by atoms with van der Waals surface area (Å²) in [5.41, 5.74) is 1.04. The fraction of sp³-hybridized carbons (Fsp3) is 0.280. The molecule has 1 aromatic heterocycles. The summed E-state index contributed by atoms with van der Waals surface area (Å²) in [6.45, 7) is 7.49. The summed E-state index contributed by atoms with van der Waals surface area (Å²) in [5.74, 6) is -0.793. The maximum absolute atomic E-state index is 13.3. The van der Waals surface area contributed by atoms with Crippen LogP contribution in [0.15, 0.2) is 43.4 Å². The lowest BCUT2D eigenvalue weighted by molar-refractivity contribution is 0.406. The molecule has 3 aromatic rings. The smallest absolute Gasteiger partial charge is 0.224 e. The average Bonchev–Trinajstić information content (AvgIpc) is 2.71. The van der Waals surface area contributed by atoms with Crippen molar-refractivity contribution in [1.29, 1.82) is 0 Å². The lowest BCUT2D eigenvalue weighted by Crippen LogP contribution is -2.18. The number of aromatic hydroxyl groups is 2. The maximum atomic E-state index is 13.3. The van der Waals surface area contributed by atoms with E-state index in [0.29, 0.717) is 11.8 Å². The van der Waals surface area contributed by atoms with Crippen molar-refractivity contribution < 1.29 is 24.5 Å². The van der Waals surface area contributed by atoms with Crippen LogP contribution in [0.1, 0.15) is 38.8 Å². The van der Waals surface area contributed by atoms with E-state index in [2.05, 4.69) is 0 Å². The van der Waals surface area contributed by atoms with E-state index in [-0.39, 0.29) is 51.3 Å². The Labute approximate surface area is 184 Å². The summed E-state index contributed by atoms with van der Waals surface area (Å²) in [6.07, 6.45) is 4.61.